The van der Waals surface area contributed by atoms with E-state index >= 15 is 0 Å². The molecule has 8 nitrogen and oxygen atoms in total. The zero-order valence-corrected chi connectivity index (χ0v) is 12.7. The highest BCUT2D eigenvalue weighted by molar-refractivity contribution is 5.97. The second-order valence-corrected chi connectivity index (χ2v) is 4.85. The van der Waals surface area contributed by atoms with Crippen molar-refractivity contribution in [3.8, 4) is 6.07 Å². The van der Waals surface area contributed by atoms with E-state index in [4.69, 9.17) is 15.7 Å². The number of hydrogen-bond donors (Lipinski definition) is 2. The van der Waals surface area contributed by atoms with Crippen LogP contribution in [-0.4, -0.2) is 74.6 Å². The Kier molecular flexibility index (Phi) is 8.83. The summed E-state index contributed by atoms with van der Waals surface area (Å²) in [4.78, 5) is 26.3. The number of nitrogens with one attached hydrogen (secondary N) is 1. The molecule has 2 amide bonds. The molecule has 0 bridgehead atoms. The van der Waals surface area contributed by atoms with Gasteiger partial charge in [0.1, 0.15) is 11.6 Å². The van der Waals surface area contributed by atoms with Crippen LogP contribution >= 0.6 is 0 Å². The number of rotatable bonds is 9. The van der Waals surface area contributed by atoms with Gasteiger partial charge in [-0.05, 0) is 13.0 Å². The van der Waals surface area contributed by atoms with Gasteiger partial charge in [-0.15, -0.1) is 0 Å². The summed E-state index contributed by atoms with van der Waals surface area (Å²) in [5.41, 5.74) is 5.28. The Labute approximate surface area is 130 Å². The molecular formula is C14H23N5O3. The van der Waals surface area contributed by atoms with Gasteiger partial charge in [-0.25, -0.2) is 0 Å². The van der Waals surface area contributed by atoms with Gasteiger partial charge >= 0.3 is 0 Å². The van der Waals surface area contributed by atoms with Crippen LogP contribution in [0.1, 0.15) is 6.42 Å². The Bertz CT molecular complexity index is 427. The van der Waals surface area contributed by atoms with Gasteiger partial charge in [0.15, 0.2) is 0 Å². The molecule has 1 aliphatic heterocycles. The molecule has 0 aromatic carbocycles. The molecular weight excluding hydrogens is 286 g/mol. The van der Waals surface area contributed by atoms with Crippen LogP contribution in [0.15, 0.2) is 11.8 Å². The molecule has 1 aliphatic rings. The minimum Gasteiger partial charge on any atom is -0.379 e. The van der Waals surface area contributed by atoms with E-state index in [1.54, 1.807) is 0 Å². The van der Waals surface area contributed by atoms with E-state index < -0.39 is 5.91 Å². The van der Waals surface area contributed by atoms with E-state index in [2.05, 4.69) is 10.2 Å². The van der Waals surface area contributed by atoms with Crippen LogP contribution < -0.4 is 11.1 Å². The predicted octanol–water partition coefficient (Wildman–Crippen LogP) is -1.35. The maximum atomic E-state index is 11.9. The Morgan fingerprint density at radius 2 is 2.18 bits per heavy atom. The maximum Gasteiger partial charge on any atom is 0.263 e. The van der Waals surface area contributed by atoms with Gasteiger partial charge in [-0.1, -0.05) is 0 Å². The van der Waals surface area contributed by atoms with Gasteiger partial charge in [0.25, 0.3) is 5.91 Å². The first-order valence-corrected chi connectivity index (χ1v) is 7.32. The molecule has 0 aromatic rings. The lowest BCUT2D eigenvalue weighted by Gasteiger charge is -2.26. The summed E-state index contributed by atoms with van der Waals surface area (Å²) >= 11 is 0. The second kappa shape index (κ2) is 10.7. The topological polar surface area (TPSA) is 112 Å². The van der Waals surface area contributed by atoms with Gasteiger partial charge in [0.2, 0.25) is 6.41 Å². The number of ether oxygens (including phenoxy) is 1. The van der Waals surface area contributed by atoms with Crippen LogP contribution in [0.2, 0.25) is 0 Å². The van der Waals surface area contributed by atoms with Gasteiger partial charge in [-0.2, -0.15) is 5.26 Å². The molecule has 8 heteroatoms. The quantitative estimate of drug-likeness (QED) is 0.309. The molecule has 1 heterocycles. The molecule has 0 spiro atoms. The number of hydrogen-bond acceptors (Lipinski definition) is 6. The van der Waals surface area contributed by atoms with Crippen molar-refractivity contribution in [3.63, 3.8) is 0 Å². The fourth-order valence-electron chi connectivity index (χ4n) is 1.97. The molecule has 0 radical (unpaired) electrons. The standard InChI is InChI=1S/C14H23N5O3/c15-2-1-4-19(12-20)11-13(10-16)14(21)17-3-5-18-6-8-22-9-7-18/h11-12H,1-9,15H2,(H,17,21)/b13-11-. The van der Waals surface area contributed by atoms with Gasteiger partial charge in [0, 0.05) is 38.9 Å². The van der Waals surface area contributed by atoms with Crippen molar-refractivity contribution in [1.29, 1.82) is 5.26 Å². The van der Waals surface area contributed by atoms with Crippen molar-refractivity contribution >= 4 is 12.3 Å². The smallest absolute Gasteiger partial charge is 0.263 e. The molecule has 1 fully saturated rings. The number of amides is 2. The first kappa shape index (κ1) is 18.1. The fourth-order valence-corrected chi connectivity index (χ4v) is 1.97. The van der Waals surface area contributed by atoms with E-state index in [1.807, 2.05) is 6.07 Å². The largest absolute Gasteiger partial charge is 0.379 e. The molecule has 1 rings (SSSR count). The van der Waals surface area contributed by atoms with Crippen LogP contribution in [0, 0.1) is 11.3 Å². The average molecular weight is 309 g/mol. The van der Waals surface area contributed by atoms with Crippen molar-refractivity contribution < 1.29 is 14.3 Å². The monoisotopic (exact) mass is 309 g/mol. The van der Waals surface area contributed by atoms with Gasteiger partial charge in [0.05, 0.1) is 13.2 Å². The molecule has 0 atom stereocenters. The fraction of sp³-hybridized carbons (Fsp3) is 0.643. The van der Waals surface area contributed by atoms with Crippen LogP contribution in [0.3, 0.4) is 0 Å². The predicted molar refractivity (Wildman–Crippen MR) is 80.4 cm³/mol. The molecule has 22 heavy (non-hydrogen) atoms. The van der Waals surface area contributed by atoms with E-state index in [0.29, 0.717) is 52.2 Å². The number of carbonyl (C=O) groups excluding carboxylic acids is 2. The van der Waals surface area contributed by atoms with Crippen LogP contribution in [0.4, 0.5) is 0 Å². The van der Waals surface area contributed by atoms with E-state index in [9.17, 15) is 9.59 Å². The third-order valence-corrected chi connectivity index (χ3v) is 3.23. The Hall–Kier alpha value is -1.95. The van der Waals surface area contributed by atoms with E-state index in [0.717, 1.165) is 13.1 Å². The summed E-state index contributed by atoms with van der Waals surface area (Å²) in [6.07, 6.45) is 2.44. The van der Waals surface area contributed by atoms with Crippen LogP contribution in [0.5, 0.6) is 0 Å². The number of nitriles is 1. The first-order chi connectivity index (χ1) is 10.7. The minimum absolute atomic E-state index is 0.0916. The summed E-state index contributed by atoms with van der Waals surface area (Å²) in [5, 5.41) is 11.7. The zero-order chi connectivity index (χ0) is 16.2. The summed E-state index contributed by atoms with van der Waals surface area (Å²) in [6.45, 7) is 5.06. The summed E-state index contributed by atoms with van der Waals surface area (Å²) in [6, 6.07) is 1.82. The lowest BCUT2D eigenvalue weighted by atomic mass is 10.3. The Morgan fingerprint density at radius 1 is 1.45 bits per heavy atom. The van der Waals surface area contributed by atoms with Crippen LogP contribution in [0.25, 0.3) is 0 Å². The average Bonchev–Trinajstić information content (AvgIpc) is 2.56. The lowest BCUT2D eigenvalue weighted by Crippen LogP contribution is -2.41. The molecule has 0 unspecified atom stereocenters. The highest BCUT2D eigenvalue weighted by Gasteiger charge is 2.13. The highest BCUT2D eigenvalue weighted by Crippen LogP contribution is 1.98. The molecule has 3 N–H and O–H groups in total. The number of nitrogens with two attached hydrogens (primary N) is 1. The lowest BCUT2D eigenvalue weighted by molar-refractivity contribution is -0.117. The molecule has 0 saturated carbocycles. The third kappa shape index (κ3) is 6.67. The van der Waals surface area contributed by atoms with Crippen molar-refractivity contribution in [3.05, 3.63) is 11.8 Å². The van der Waals surface area contributed by atoms with Crippen molar-refractivity contribution in [2.45, 2.75) is 6.42 Å². The Morgan fingerprint density at radius 3 is 2.77 bits per heavy atom. The zero-order valence-electron chi connectivity index (χ0n) is 12.7. The van der Waals surface area contributed by atoms with E-state index in [1.165, 1.54) is 11.1 Å². The molecule has 1 saturated heterocycles. The maximum absolute atomic E-state index is 11.9. The summed E-state index contributed by atoms with van der Waals surface area (Å²) in [7, 11) is 0. The highest BCUT2D eigenvalue weighted by atomic mass is 16.5. The number of nitrogens with zero attached hydrogens (tertiary/aromatic N) is 3. The SMILES string of the molecule is N#C/C(=C/N(C=O)CCCN)C(=O)NCCN1CCOCC1. The molecule has 0 aromatic heterocycles. The molecule has 122 valence electrons. The summed E-state index contributed by atoms with van der Waals surface area (Å²) < 4.78 is 5.24. The van der Waals surface area contributed by atoms with E-state index in [-0.39, 0.29) is 5.57 Å². The van der Waals surface area contributed by atoms with Crippen LogP contribution in [-0.2, 0) is 14.3 Å². The van der Waals surface area contributed by atoms with Crippen molar-refractivity contribution in [1.82, 2.24) is 15.1 Å². The second-order valence-electron chi connectivity index (χ2n) is 4.85. The normalized spacial score (nSPS) is 15.9. The summed E-state index contributed by atoms with van der Waals surface area (Å²) in [5.74, 6) is -0.477. The van der Waals surface area contributed by atoms with Crippen molar-refractivity contribution in [2.24, 2.45) is 5.73 Å². The van der Waals surface area contributed by atoms with Gasteiger partial charge in [-0.3, -0.25) is 14.5 Å². The van der Waals surface area contributed by atoms with Gasteiger partial charge < -0.3 is 20.7 Å². The first-order valence-electron chi connectivity index (χ1n) is 7.32. The third-order valence-electron chi connectivity index (χ3n) is 3.23. The van der Waals surface area contributed by atoms with Crippen molar-refractivity contribution in [2.75, 3.05) is 52.5 Å². The Balaban J connectivity index is 2.42. The minimum atomic E-state index is -0.477. The number of morpholine rings is 1. The molecule has 0 aliphatic carbocycles. The number of carbonyl (C=O) groups is 2.